The van der Waals surface area contributed by atoms with Gasteiger partial charge in [0.1, 0.15) is 5.04 Å². The Hall–Kier alpha value is -2.75. The van der Waals surface area contributed by atoms with Crippen molar-refractivity contribution < 1.29 is 23.4 Å². The second-order valence-corrected chi connectivity index (χ2v) is 8.58. The maximum atomic E-state index is 12.9. The van der Waals surface area contributed by atoms with Gasteiger partial charge in [-0.3, -0.25) is 9.59 Å². The molecule has 1 N–H and O–H groups in total. The first kappa shape index (κ1) is 20.5. The number of rotatable bonds is 4. The van der Waals surface area contributed by atoms with Crippen molar-refractivity contribution in [1.29, 1.82) is 0 Å². The molecule has 30 heavy (non-hydrogen) atoms. The van der Waals surface area contributed by atoms with Crippen LogP contribution in [0.4, 0.5) is 4.79 Å². The molecule has 0 saturated heterocycles. The van der Waals surface area contributed by atoms with Gasteiger partial charge in [0.15, 0.2) is 11.7 Å². The fourth-order valence-electron chi connectivity index (χ4n) is 3.86. The molecular weight excluding hydrogens is 406 g/mol. The largest absolute Gasteiger partial charge is 0.459 e. The summed E-state index contributed by atoms with van der Waals surface area (Å²) in [5, 5.41) is 3.51. The molecule has 1 aromatic heterocycles. The highest BCUT2D eigenvalue weighted by atomic mass is 32.2. The maximum absolute atomic E-state index is 12.9. The smallest absolute Gasteiger partial charge is 0.445 e. The Morgan fingerprint density at radius 3 is 2.77 bits per heavy atom. The van der Waals surface area contributed by atoms with Crippen LogP contribution >= 0.6 is 11.8 Å². The number of nitrogens with one attached hydrogen (secondary N) is 1. The summed E-state index contributed by atoms with van der Waals surface area (Å²) < 4.78 is 6.74. The Kier molecular flexibility index (Phi) is 5.85. The van der Waals surface area contributed by atoms with Crippen LogP contribution in [-0.4, -0.2) is 69.9 Å². The molecule has 3 heterocycles. The lowest BCUT2D eigenvalue weighted by atomic mass is 9.95. The van der Waals surface area contributed by atoms with E-state index < -0.39 is 17.9 Å². The lowest BCUT2D eigenvalue weighted by Gasteiger charge is -2.26. The zero-order valence-electron chi connectivity index (χ0n) is 17.0. The third kappa shape index (κ3) is 3.96. The number of carbonyl (C=O) groups excluding carboxylic acids is 3. The second-order valence-electron chi connectivity index (χ2n) is 7.58. The van der Waals surface area contributed by atoms with Gasteiger partial charge in [-0.2, -0.15) is 9.48 Å². The number of urea groups is 1. The first-order chi connectivity index (χ1) is 14.5. The molecule has 1 atom stereocenters. The lowest BCUT2D eigenvalue weighted by Crippen LogP contribution is -2.54. The predicted molar refractivity (Wildman–Crippen MR) is 113 cm³/mol. The Balaban J connectivity index is 1.58. The van der Waals surface area contributed by atoms with Crippen LogP contribution in [0, 0.1) is 5.92 Å². The molecule has 1 fully saturated rings. The van der Waals surface area contributed by atoms with Gasteiger partial charge in [0.2, 0.25) is 5.91 Å². The second kappa shape index (κ2) is 8.55. The van der Waals surface area contributed by atoms with Crippen LogP contribution in [0.1, 0.15) is 37.9 Å². The van der Waals surface area contributed by atoms with E-state index in [1.807, 2.05) is 0 Å². The van der Waals surface area contributed by atoms with Crippen LogP contribution in [0.3, 0.4) is 0 Å². The van der Waals surface area contributed by atoms with Crippen LogP contribution in [-0.2, 0) is 9.59 Å². The number of fused-ring (bicyclic) bond motifs is 1. The average molecular weight is 431 g/mol. The summed E-state index contributed by atoms with van der Waals surface area (Å²) in [6, 6.07) is 3.17. The van der Waals surface area contributed by atoms with E-state index in [0.717, 1.165) is 30.6 Å². The van der Waals surface area contributed by atoms with Crippen LogP contribution in [0.2, 0.25) is 0 Å². The van der Waals surface area contributed by atoms with Crippen molar-refractivity contribution in [2.75, 3.05) is 19.8 Å². The van der Waals surface area contributed by atoms with Crippen molar-refractivity contribution in [1.82, 2.24) is 10.2 Å². The summed E-state index contributed by atoms with van der Waals surface area (Å²) in [5.41, 5.74) is 0. The molecule has 0 spiro atoms. The highest BCUT2D eigenvalue weighted by molar-refractivity contribution is 8.14. The number of hydrogen-bond acceptors (Lipinski definition) is 7. The number of carbonyl (C=O) groups is 3. The van der Waals surface area contributed by atoms with Gasteiger partial charge < -0.3 is 9.73 Å². The number of imide groups is 1. The van der Waals surface area contributed by atoms with Crippen molar-refractivity contribution in [2.24, 2.45) is 15.9 Å². The van der Waals surface area contributed by atoms with Gasteiger partial charge in [-0.05, 0) is 25.0 Å². The van der Waals surface area contributed by atoms with E-state index in [1.165, 1.54) is 36.1 Å². The van der Waals surface area contributed by atoms with Gasteiger partial charge >= 0.3 is 11.9 Å². The first-order valence-electron chi connectivity index (χ1n) is 10.0. The third-order valence-electron chi connectivity index (χ3n) is 5.50. The van der Waals surface area contributed by atoms with Crippen LogP contribution in [0.5, 0.6) is 0 Å². The molecule has 1 aromatic rings. The molecule has 4 amide bonds. The molecule has 0 aromatic carbocycles. The minimum Gasteiger partial charge on any atom is -0.459 e. The zero-order valence-corrected chi connectivity index (χ0v) is 17.8. The van der Waals surface area contributed by atoms with Crippen molar-refractivity contribution >= 4 is 46.3 Å². The van der Waals surface area contributed by atoms with Gasteiger partial charge in [0.25, 0.3) is 11.7 Å². The van der Waals surface area contributed by atoms with E-state index >= 15 is 0 Å². The van der Waals surface area contributed by atoms with Crippen molar-refractivity contribution in [3.63, 3.8) is 0 Å². The molecule has 10 heteroatoms. The number of amidine groups is 2. The van der Waals surface area contributed by atoms with Crippen LogP contribution in [0.15, 0.2) is 32.8 Å². The molecule has 1 saturated carbocycles. The summed E-state index contributed by atoms with van der Waals surface area (Å²) in [4.78, 5) is 47.7. The van der Waals surface area contributed by atoms with E-state index in [9.17, 15) is 14.4 Å². The molecule has 0 radical (unpaired) electrons. The van der Waals surface area contributed by atoms with E-state index in [0.29, 0.717) is 16.6 Å². The summed E-state index contributed by atoms with van der Waals surface area (Å²) in [6.45, 7) is 0. The molecule has 4 rings (SSSR count). The van der Waals surface area contributed by atoms with Crippen LogP contribution < -0.4 is 5.32 Å². The topological polar surface area (TPSA) is 107 Å². The number of thioether (sulfide) groups is 1. The maximum Gasteiger partial charge on any atom is 0.445 e. The van der Waals surface area contributed by atoms with Crippen molar-refractivity contribution in [2.45, 2.75) is 38.1 Å². The van der Waals surface area contributed by atoms with E-state index in [1.54, 1.807) is 19.2 Å². The Morgan fingerprint density at radius 1 is 1.30 bits per heavy atom. The van der Waals surface area contributed by atoms with E-state index in [2.05, 4.69) is 15.3 Å². The molecule has 1 unspecified atom stereocenters. The normalized spacial score (nSPS) is 22.6. The number of hydrogen-bond donors (Lipinski definition) is 1. The van der Waals surface area contributed by atoms with Gasteiger partial charge in [-0.25, -0.2) is 9.79 Å². The van der Waals surface area contributed by atoms with Gasteiger partial charge in [-0.1, -0.05) is 36.0 Å². The van der Waals surface area contributed by atoms with Gasteiger partial charge in [0.05, 0.1) is 26.1 Å². The summed E-state index contributed by atoms with van der Waals surface area (Å²) >= 11 is 1.20. The molecule has 1 aliphatic carbocycles. The Bertz CT molecular complexity index is 960. The summed E-state index contributed by atoms with van der Waals surface area (Å²) in [6.07, 6.45) is 7.00. The fourth-order valence-corrected chi connectivity index (χ4v) is 4.75. The molecule has 9 nitrogen and oxygen atoms in total. The monoisotopic (exact) mass is 430 g/mol. The Labute approximate surface area is 178 Å². The highest BCUT2D eigenvalue weighted by Gasteiger charge is 2.49. The first-order valence-corrected chi connectivity index (χ1v) is 11.0. The Morgan fingerprint density at radius 2 is 2.07 bits per heavy atom. The SMILES string of the molecule is CN1C(=O)C2C(SCC(=O)NC3CCCCC3)=NC(c3ccco3)=NC2=[N+](C)C1=O. The average Bonchev–Trinajstić information content (AvgIpc) is 3.30. The van der Waals surface area contributed by atoms with E-state index in [-0.39, 0.29) is 23.5 Å². The number of nitrogens with zero attached hydrogens (tertiary/aromatic N) is 4. The molecule has 158 valence electrons. The zero-order chi connectivity index (χ0) is 21.3. The predicted octanol–water partition coefficient (Wildman–Crippen LogP) is 1.87. The number of furan rings is 1. The van der Waals surface area contributed by atoms with Gasteiger partial charge in [-0.15, -0.1) is 0 Å². The number of aliphatic imine (C=N–C) groups is 2. The minimum absolute atomic E-state index is 0.0840. The fraction of sp³-hybridized carbons (Fsp3) is 0.500. The van der Waals surface area contributed by atoms with Crippen molar-refractivity contribution in [3.05, 3.63) is 24.2 Å². The van der Waals surface area contributed by atoms with E-state index in [4.69, 9.17) is 4.42 Å². The van der Waals surface area contributed by atoms with Gasteiger partial charge in [0, 0.05) is 6.04 Å². The number of amides is 4. The molecular formula is C20H24N5O4S+. The molecule has 2 aliphatic heterocycles. The molecule has 3 aliphatic rings. The quantitative estimate of drug-likeness (QED) is 0.734. The summed E-state index contributed by atoms with van der Waals surface area (Å²) in [7, 11) is 3.00. The lowest BCUT2D eigenvalue weighted by molar-refractivity contribution is -0.407. The third-order valence-corrected chi connectivity index (χ3v) is 6.53. The van der Waals surface area contributed by atoms with Crippen molar-refractivity contribution in [3.8, 4) is 0 Å². The molecule has 0 bridgehead atoms. The minimum atomic E-state index is -0.816. The standard InChI is InChI=1S/C20H23N5O4S/c1-24-17-15(19(27)25(2)20(24)28)18(23-16(22-17)13-9-6-10-29-13)30-11-14(26)21-12-7-4-3-5-8-12/h6,9-10,12,15H,3-5,7-8,11H2,1-2H3/p+1. The summed E-state index contributed by atoms with van der Waals surface area (Å²) in [5.74, 6) is -0.173. The van der Waals surface area contributed by atoms with Crippen LogP contribution in [0.25, 0.3) is 0 Å². The highest BCUT2D eigenvalue weighted by Crippen LogP contribution is 2.27.